The van der Waals surface area contributed by atoms with Gasteiger partial charge in [-0.2, -0.15) is 0 Å². The summed E-state index contributed by atoms with van der Waals surface area (Å²) >= 11 is 0. The zero-order chi connectivity index (χ0) is 22.5. The van der Waals surface area contributed by atoms with Gasteiger partial charge in [0.05, 0.1) is 13.2 Å². The number of nitrogens with two attached hydrogens (primary N) is 1. The lowest BCUT2D eigenvalue weighted by molar-refractivity contribution is -0.147. The van der Waals surface area contributed by atoms with Crippen molar-refractivity contribution in [2.24, 2.45) is 5.73 Å². The SMILES string of the molecule is CCCCCC/C=C\CCCCCCCC(=O)OCC(O)COP(=O)(O)OCCN. The highest BCUT2D eigenvalue weighted by atomic mass is 31.2. The molecule has 0 radical (unpaired) electrons. The van der Waals surface area contributed by atoms with E-state index >= 15 is 0 Å². The molecule has 0 aliphatic heterocycles. The van der Waals surface area contributed by atoms with Crippen molar-refractivity contribution in [2.45, 2.75) is 90.1 Å². The van der Waals surface area contributed by atoms with E-state index < -0.39 is 26.5 Å². The average molecular weight is 452 g/mol. The number of carbonyl (C=O) groups excluding carboxylic acids is 1. The van der Waals surface area contributed by atoms with Crippen LogP contribution in [0.3, 0.4) is 0 Å². The first kappa shape index (κ1) is 29.2. The number of aliphatic hydroxyl groups is 1. The third-order valence-corrected chi connectivity index (χ3v) is 5.37. The van der Waals surface area contributed by atoms with E-state index in [1.54, 1.807) is 0 Å². The number of unbranched alkanes of at least 4 members (excludes halogenated alkanes) is 9. The van der Waals surface area contributed by atoms with Crippen LogP contribution in [0.1, 0.15) is 84.0 Å². The Kier molecular flexibility index (Phi) is 19.6. The number of esters is 1. The Hall–Kier alpha value is -0.760. The van der Waals surface area contributed by atoms with Crippen LogP contribution in [0.25, 0.3) is 0 Å². The highest BCUT2D eigenvalue weighted by Crippen LogP contribution is 2.42. The van der Waals surface area contributed by atoms with Gasteiger partial charge in [-0.3, -0.25) is 13.8 Å². The lowest BCUT2D eigenvalue weighted by atomic mass is 10.1. The molecule has 0 aliphatic carbocycles. The summed E-state index contributed by atoms with van der Waals surface area (Å²) in [5.41, 5.74) is 5.16. The van der Waals surface area contributed by atoms with E-state index in [-0.39, 0.29) is 19.8 Å². The molecule has 9 heteroatoms. The molecule has 0 amide bonds. The smallest absolute Gasteiger partial charge is 0.463 e. The molecule has 0 heterocycles. The minimum Gasteiger partial charge on any atom is -0.463 e. The first-order valence-electron chi connectivity index (χ1n) is 11.2. The van der Waals surface area contributed by atoms with Crippen LogP contribution < -0.4 is 5.73 Å². The Balaban J connectivity index is 3.52. The monoisotopic (exact) mass is 451 g/mol. The molecule has 0 fully saturated rings. The fourth-order valence-corrected chi connectivity index (χ4v) is 3.45. The van der Waals surface area contributed by atoms with Crippen molar-refractivity contribution in [2.75, 3.05) is 26.4 Å². The van der Waals surface area contributed by atoms with Crippen molar-refractivity contribution in [3.8, 4) is 0 Å². The average Bonchev–Trinajstić information content (AvgIpc) is 2.72. The molecule has 0 aromatic heterocycles. The van der Waals surface area contributed by atoms with Gasteiger partial charge in [0.25, 0.3) is 0 Å². The third-order valence-electron chi connectivity index (χ3n) is 4.38. The molecule has 0 aliphatic rings. The molecule has 2 atom stereocenters. The maximum Gasteiger partial charge on any atom is 0.472 e. The van der Waals surface area contributed by atoms with Crippen LogP contribution in [-0.4, -0.2) is 48.4 Å². The lowest BCUT2D eigenvalue weighted by Crippen LogP contribution is -2.23. The third kappa shape index (κ3) is 20.5. The fraction of sp³-hybridized carbons (Fsp3) is 0.857. The Bertz CT molecular complexity index is 488. The van der Waals surface area contributed by atoms with Crippen molar-refractivity contribution < 1.29 is 33.1 Å². The topological polar surface area (TPSA) is 128 Å². The van der Waals surface area contributed by atoms with Crippen molar-refractivity contribution in [3.63, 3.8) is 0 Å². The van der Waals surface area contributed by atoms with Gasteiger partial charge in [-0.25, -0.2) is 4.57 Å². The van der Waals surface area contributed by atoms with E-state index in [0.717, 1.165) is 32.1 Å². The summed E-state index contributed by atoms with van der Waals surface area (Å²) in [6.45, 7) is 1.40. The van der Waals surface area contributed by atoms with E-state index in [2.05, 4.69) is 28.1 Å². The quantitative estimate of drug-likeness (QED) is 0.102. The number of rotatable bonds is 21. The van der Waals surface area contributed by atoms with Gasteiger partial charge in [0.15, 0.2) is 0 Å². The number of ether oxygens (including phenoxy) is 1. The van der Waals surface area contributed by atoms with Crippen LogP contribution in [0.2, 0.25) is 0 Å². The lowest BCUT2D eigenvalue weighted by Gasteiger charge is -2.15. The van der Waals surface area contributed by atoms with Gasteiger partial charge in [0.2, 0.25) is 0 Å². The van der Waals surface area contributed by atoms with Gasteiger partial charge >= 0.3 is 13.8 Å². The largest absolute Gasteiger partial charge is 0.472 e. The van der Waals surface area contributed by atoms with Crippen LogP contribution >= 0.6 is 7.82 Å². The molecule has 4 N–H and O–H groups in total. The second kappa shape index (κ2) is 20.2. The molecule has 0 saturated carbocycles. The molecule has 2 unspecified atom stereocenters. The van der Waals surface area contributed by atoms with Crippen molar-refractivity contribution in [1.82, 2.24) is 0 Å². The molecule has 0 aromatic carbocycles. The maximum absolute atomic E-state index is 11.7. The van der Waals surface area contributed by atoms with E-state index in [1.807, 2.05) is 0 Å². The van der Waals surface area contributed by atoms with Crippen molar-refractivity contribution >= 4 is 13.8 Å². The highest BCUT2D eigenvalue weighted by Gasteiger charge is 2.22. The zero-order valence-corrected chi connectivity index (χ0v) is 19.4. The summed E-state index contributed by atoms with van der Waals surface area (Å²) in [5.74, 6) is -0.397. The van der Waals surface area contributed by atoms with Crippen LogP contribution in [0.4, 0.5) is 0 Å². The van der Waals surface area contributed by atoms with E-state index in [1.165, 1.54) is 38.5 Å². The van der Waals surface area contributed by atoms with Gasteiger partial charge in [-0.05, 0) is 32.1 Å². The maximum atomic E-state index is 11.7. The summed E-state index contributed by atoms with van der Waals surface area (Å²) in [4.78, 5) is 21.0. The normalized spacial score (nSPS) is 14.7. The van der Waals surface area contributed by atoms with Crippen LogP contribution in [0.5, 0.6) is 0 Å². The van der Waals surface area contributed by atoms with Crippen molar-refractivity contribution in [1.29, 1.82) is 0 Å². The minimum absolute atomic E-state index is 0.0737. The summed E-state index contributed by atoms with van der Waals surface area (Å²) in [5, 5.41) is 9.65. The Morgan fingerprint density at radius 2 is 1.57 bits per heavy atom. The number of aliphatic hydroxyl groups excluding tert-OH is 1. The van der Waals surface area contributed by atoms with Gasteiger partial charge in [0.1, 0.15) is 12.7 Å². The first-order chi connectivity index (χ1) is 14.4. The van der Waals surface area contributed by atoms with E-state index in [9.17, 15) is 19.4 Å². The van der Waals surface area contributed by atoms with Crippen LogP contribution in [0.15, 0.2) is 12.2 Å². The molecule has 8 nitrogen and oxygen atoms in total. The first-order valence-corrected chi connectivity index (χ1v) is 12.7. The number of allylic oxidation sites excluding steroid dienone is 2. The Labute approximate surface area is 181 Å². The van der Waals surface area contributed by atoms with Gasteiger partial charge in [-0.15, -0.1) is 0 Å². The van der Waals surface area contributed by atoms with Gasteiger partial charge in [0, 0.05) is 13.0 Å². The number of hydrogen-bond acceptors (Lipinski definition) is 7. The highest BCUT2D eigenvalue weighted by molar-refractivity contribution is 7.47. The Morgan fingerprint density at radius 1 is 0.967 bits per heavy atom. The fourth-order valence-electron chi connectivity index (χ4n) is 2.68. The molecular formula is C21H42NO7P. The predicted molar refractivity (Wildman–Crippen MR) is 118 cm³/mol. The molecular weight excluding hydrogens is 409 g/mol. The molecule has 0 bridgehead atoms. The second-order valence-electron chi connectivity index (χ2n) is 7.35. The molecule has 0 saturated heterocycles. The minimum atomic E-state index is -4.24. The van der Waals surface area contributed by atoms with Crippen LogP contribution in [0, 0.1) is 0 Å². The Morgan fingerprint density at radius 3 is 2.20 bits per heavy atom. The number of phosphoric ester groups is 1. The molecule has 30 heavy (non-hydrogen) atoms. The summed E-state index contributed by atoms with van der Waals surface area (Å²) < 4.78 is 25.5. The number of carbonyl (C=O) groups is 1. The molecule has 0 spiro atoms. The predicted octanol–water partition coefficient (Wildman–Crippen LogP) is 4.24. The van der Waals surface area contributed by atoms with Gasteiger partial charge < -0.3 is 20.5 Å². The number of hydrogen-bond donors (Lipinski definition) is 3. The molecule has 0 aromatic rings. The summed E-state index contributed by atoms with van der Waals surface area (Å²) in [6.07, 6.45) is 16.3. The second-order valence-corrected chi connectivity index (χ2v) is 8.80. The molecule has 178 valence electrons. The van der Waals surface area contributed by atoms with E-state index in [0.29, 0.717) is 6.42 Å². The van der Waals surface area contributed by atoms with Gasteiger partial charge in [-0.1, -0.05) is 57.6 Å². The van der Waals surface area contributed by atoms with Crippen molar-refractivity contribution in [3.05, 3.63) is 12.2 Å². The number of phosphoric acid groups is 1. The standard InChI is InChI=1S/C21H42NO7P/c1-2-3-4-5-6-7-8-9-10-11-12-13-14-15-21(24)27-18-20(23)19-29-30(25,26)28-17-16-22/h7-8,20,23H,2-6,9-19,22H2,1H3,(H,25,26)/b8-7-. The van der Waals surface area contributed by atoms with E-state index in [4.69, 9.17) is 10.5 Å². The summed E-state index contributed by atoms with van der Waals surface area (Å²) in [7, 11) is -4.24. The van der Waals surface area contributed by atoms with Crippen LogP contribution in [-0.2, 0) is 23.1 Å². The summed E-state index contributed by atoms with van der Waals surface area (Å²) in [6, 6.07) is 0. The molecule has 0 rings (SSSR count). The zero-order valence-electron chi connectivity index (χ0n) is 18.5.